The highest BCUT2D eigenvalue weighted by Gasteiger charge is 2.16. The first-order valence-electron chi connectivity index (χ1n) is 10.6. The van der Waals surface area contributed by atoms with Crippen LogP contribution >= 0.6 is 0 Å². The molecule has 0 saturated carbocycles. The van der Waals surface area contributed by atoms with Crippen LogP contribution in [0.15, 0.2) is 55.0 Å². The fourth-order valence-electron chi connectivity index (χ4n) is 3.90. The van der Waals surface area contributed by atoms with Gasteiger partial charge in [-0.15, -0.1) is 0 Å². The second-order valence-corrected chi connectivity index (χ2v) is 7.98. The van der Waals surface area contributed by atoms with Gasteiger partial charge in [0.2, 0.25) is 0 Å². The monoisotopic (exact) mass is 428 g/mol. The number of nitrogens with one attached hydrogen (secondary N) is 2. The number of carbonyl (C=O) groups is 1. The maximum absolute atomic E-state index is 12.9. The van der Waals surface area contributed by atoms with Crippen molar-refractivity contribution >= 4 is 22.6 Å². The van der Waals surface area contributed by atoms with Crippen LogP contribution in [0.3, 0.4) is 0 Å². The lowest BCUT2D eigenvalue weighted by molar-refractivity contribution is 0.0341. The number of nitrogens with zero attached hydrogens (tertiary/aromatic N) is 4. The molecule has 162 valence electrons. The van der Waals surface area contributed by atoms with Crippen LogP contribution in [0.5, 0.6) is 0 Å². The van der Waals surface area contributed by atoms with Gasteiger partial charge in [-0.2, -0.15) is 5.10 Å². The van der Waals surface area contributed by atoms with Crippen molar-refractivity contribution in [2.75, 3.05) is 31.6 Å². The van der Waals surface area contributed by atoms with Crippen molar-refractivity contribution < 1.29 is 9.53 Å². The molecule has 5 rings (SSSR count). The van der Waals surface area contributed by atoms with Gasteiger partial charge in [-0.3, -0.25) is 19.8 Å². The summed E-state index contributed by atoms with van der Waals surface area (Å²) in [6.07, 6.45) is 5.42. The van der Waals surface area contributed by atoms with Crippen LogP contribution < -0.4 is 5.32 Å². The third kappa shape index (κ3) is 4.37. The third-order valence-corrected chi connectivity index (χ3v) is 5.57. The van der Waals surface area contributed by atoms with E-state index in [1.54, 1.807) is 6.20 Å². The minimum Gasteiger partial charge on any atom is -0.379 e. The first-order chi connectivity index (χ1) is 15.7. The number of fused-ring (bicyclic) bond motifs is 1. The van der Waals surface area contributed by atoms with Gasteiger partial charge >= 0.3 is 0 Å². The highest BCUT2D eigenvalue weighted by atomic mass is 16.5. The van der Waals surface area contributed by atoms with Crippen molar-refractivity contribution in [3.63, 3.8) is 0 Å². The second-order valence-electron chi connectivity index (χ2n) is 7.98. The lowest BCUT2D eigenvalue weighted by Gasteiger charge is -2.26. The molecular formula is C24H24N6O2. The molecule has 4 aromatic rings. The maximum Gasteiger partial charge on any atom is 0.277 e. The van der Waals surface area contributed by atoms with Crippen LogP contribution in [0.4, 0.5) is 5.82 Å². The number of pyridine rings is 2. The molecule has 0 atom stereocenters. The summed E-state index contributed by atoms with van der Waals surface area (Å²) in [5.41, 5.74) is 5.30. The fourth-order valence-corrected chi connectivity index (χ4v) is 3.90. The van der Waals surface area contributed by atoms with E-state index in [1.807, 2.05) is 49.6 Å². The number of aromatic nitrogens is 4. The Bertz CT molecular complexity index is 1260. The molecule has 1 fully saturated rings. The first-order valence-corrected chi connectivity index (χ1v) is 10.6. The van der Waals surface area contributed by atoms with E-state index in [1.165, 1.54) is 0 Å². The molecule has 1 amide bonds. The van der Waals surface area contributed by atoms with Gasteiger partial charge in [0.1, 0.15) is 5.82 Å². The summed E-state index contributed by atoms with van der Waals surface area (Å²) in [6, 6.07) is 11.8. The molecule has 2 N–H and O–H groups in total. The molecule has 0 unspecified atom stereocenters. The molecule has 1 aliphatic rings. The number of rotatable bonds is 5. The number of H-pyrrole nitrogens is 1. The number of carbonyl (C=O) groups excluding carboxylic acids is 1. The number of ether oxygens (including phenoxy) is 1. The predicted octanol–water partition coefficient (Wildman–Crippen LogP) is 3.41. The SMILES string of the molecule is Cc1ccnc(NC(=O)c2n[nH]c3ccc(-c4cncc(CN5CCOCC5)c4)cc23)c1. The molecule has 1 saturated heterocycles. The number of anilines is 1. The predicted molar refractivity (Wildman–Crippen MR) is 122 cm³/mol. The van der Waals surface area contributed by atoms with Crippen molar-refractivity contribution in [2.45, 2.75) is 13.5 Å². The van der Waals surface area contributed by atoms with Crippen LogP contribution in [0.1, 0.15) is 21.6 Å². The summed E-state index contributed by atoms with van der Waals surface area (Å²) in [5, 5.41) is 10.8. The van der Waals surface area contributed by atoms with E-state index in [9.17, 15) is 4.79 Å². The Morgan fingerprint density at radius 2 is 2.00 bits per heavy atom. The van der Waals surface area contributed by atoms with Gasteiger partial charge in [0.05, 0.1) is 18.7 Å². The molecule has 3 aromatic heterocycles. The molecule has 1 aliphatic heterocycles. The normalized spacial score (nSPS) is 14.5. The number of hydrogen-bond acceptors (Lipinski definition) is 6. The van der Waals surface area contributed by atoms with Crippen molar-refractivity contribution in [3.05, 3.63) is 71.8 Å². The Morgan fingerprint density at radius 1 is 1.12 bits per heavy atom. The zero-order valence-corrected chi connectivity index (χ0v) is 17.8. The van der Waals surface area contributed by atoms with Crippen molar-refractivity contribution in [1.29, 1.82) is 0 Å². The minimum atomic E-state index is -0.300. The molecule has 0 radical (unpaired) electrons. The zero-order valence-electron chi connectivity index (χ0n) is 17.8. The lowest BCUT2D eigenvalue weighted by Crippen LogP contribution is -2.35. The average Bonchev–Trinajstić information content (AvgIpc) is 3.23. The Balaban J connectivity index is 1.41. The molecule has 4 heterocycles. The van der Waals surface area contributed by atoms with Gasteiger partial charge in [0.25, 0.3) is 5.91 Å². The molecular weight excluding hydrogens is 404 g/mol. The third-order valence-electron chi connectivity index (χ3n) is 5.57. The van der Waals surface area contributed by atoms with Crippen molar-refractivity contribution in [1.82, 2.24) is 25.1 Å². The highest BCUT2D eigenvalue weighted by Crippen LogP contribution is 2.26. The first kappa shape index (κ1) is 20.3. The van der Waals surface area contributed by atoms with Gasteiger partial charge in [-0.05, 0) is 53.9 Å². The number of aromatic amines is 1. The van der Waals surface area contributed by atoms with E-state index in [2.05, 4.69) is 36.4 Å². The number of hydrogen-bond donors (Lipinski definition) is 2. The van der Waals surface area contributed by atoms with Crippen LogP contribution in [0, 0.1) is 6.92 Å². The largest absolute Gasteiger partial charge is 0.379 e. The molecule has 0 spiro atoms. The van der Waals surface area contributed by atoms with Crippen LogP contribution in [0.25, 0.3) is 22.0 Å². The van der Waals surface area contributed by atoms with Gasteiger partial charge in [-0.1, -0.05) is 6.07 Å². The summed E-state index contributed by atoms with van der Waals surface area (Å²) in [4.78, 5) is 23.9. The van der Waals surface area contributed by atoms with Crippen molar-refractivity contribution in [3.8, 4) is 11.1 Å². The molecule has 32 heavy (non-hydrogen) atoms. The van der Waals surface area contributed by atoms with Crippen LogP contribution in [0.2, 0.25) is 0 Å². The van der Waals surface area contributed by atoms with Gasteiger partial charge in [0.15, 0.2) is 5.69 Å². The van der Waals surface area contributed by atoms with E-state index < -0.39 is 0 Å². The van der Waals surface area contributed by atoms with E-state index in [-0.39, 0.29) is 5.91 Å². The van der Waals surface area contributed by atoms with Crippen LogP contribution in [-0.2, 0) is 11.3 Å². The molecule has 0 aliphatic carbocycles. The van der Waals surface area contributed by atoms with E-state index in [4.69, 9.17) is 4.74 Å². The highest BCUT2D eigenvalue weighted by molar-refractivity contribution is 6.11. The zero-order chi connectivity index (χ0) is 21.9. The lowest BCUT2D eigenvalue weighted by atomic mass is 10.0. The van der Waals surface area contributed by atoms with Gasteiger partial charge in [-0.25, -0.2) is 4.98 Å². The van der Waals surface area contributed by atoms with E-state index >= 15 is 0 Å². The summed E-state index contributed by atoms with van der Waals surface area (Å²) >= 11 is 0. The summed E-state index contributed by atoms with van der Waals surface area (Å²) in [5.74, 6) is 0.202. The van der Waals surface area contributed by atoms with Crippen molar-refractivity contribution in [2.24, 2.45) is 0 Å². The number of morpholine rings is 1. The number of benzene rings is 1. The summed E-state index contributed by atoms with van der Waals surface area (Å²) in [6.45, 7) is 6.20. The minimum absolute atomic E-state index is 0.300. The van der Waals surface area contributed by atoms with E-state index in [0.29, 0.717) is 11.5 Å². The van der Waals surface area contributed by atoms with E-state index in [0.717, 1.165) is 66.0 Å². The van der Waals surface area contributed by atoms with Gasteiger partial charge < -0.3 is 10.1 Å². The molecule has 8 nitrogen and oxygen atoms in total. The molecule has 8 heteroatoms. The summed E-state index contributed by atoms with van der Waals surface area (Å²) in [7, 11) is 0. The number of aryl methyl sites for hydroxylation is 1. The Labute approximate surface area is 185 Å². The Kier molecular flexibility index (Phi) is 5.62. The second kappa shape index (κ2) is 8.86. The Morgan fingerprint density at radius 3 is 2.84 bits per heavy atom. The Hall–Kier alpha value is -3.62. The molecule has 0 bridgehead atoms. The smallest absolute Gasteiger partial charge is 0.277 e. The summed E-state index contributed by atoms with van der Waals surface area (Å²) < 4.78 is 5.43. The van der Waals surface area contributed by atoms with Crippen LogP contribution in [-0.4, -0.2) is 57.3 Å². The maximum atomic E-state index is 12.9. The molecule has 1 aromatic carbocycles. The average molecular weight is 428 g/mol. The number of amides is 1. The standard InChI is InChI=1S/C24H24N6O2/c1-16-4-5-26-22(10-16)27-24(31)23-20-12-18(2-3-21(20)28-29-23)19-11-17(13-25-14-19)15-30-6-8-32-9-7-30/h2-5,10-14H,6-9,15H2,1H3,(H,28,29)(H,26,27,31). The topological polar surface area (TPSA) is 96.0 Å². The van der Waals surface area contributed by atoms with Gasteiger partial charge in [0, 0.05) is 49.2 Å². The quantitative estimate of drug-likeness (QED) is 0.506. The fraction of sp³-hybridized carbons (Fsp3) is 0.250.